The molecule has 2 aromatic heterocycles. The number of hydrogen-bond acceptors (Lipinski definition) is 5. The van der Waals surface area contributed by atoms with E-state index < -0.39 is 0 Å². The van der Waals surface area contributed by atoms with Crippen LogP contribution in [0.1, 0.15) is 30.9 Å². The Kier molecular flexibility index (Phi) is 3.34. The van der Waals surface area contributed by atoms with E-state index in [4.69, 9.17) is 9.72 Å². The van der Waals surface area contributed by atoms with Crippen LogP contribution in [0, 0.1) is 0 Å². The smallest absolute Gasteiger partial charge is 0.156 e. The van der Waals surface area contributed by atoms with Crippen molar-refractivity contribution in [3.05, 3.63) is 35.9 Å². The molecule has 1 fully saturated rings. The molecule has 1 atom stereocenters. The summed E-state index contributed by atoms with van der Waals surface area (Å²) in [5, 5.41) is 13.6. The molecule has 0 N–H and O–H groups in total. The summed E-state index contributed by atoms with van der Waals surface area (Å²) in [6.07, 6.45) is 0.997. The van der Waals surface area contributed by atoms with E-state index in [0.717, 1.165) is 48.9 Å². The normalized spacial score (nSPS) is 18.3. The van der Waals surface area contributed by atoms with Gasteiger partial charge in [-0.1, -0.05) is 12.1 Å². The molecule has 114 valence electrons. The summed E-state index contributed by atoms with van der Waals surface area (Å²) >= 11 is 0. The second-order valence-corrected chi connectivity index (χ2v) is 5.48. The average Bonchev–Trinajstić information content (AvgIpc) is 3.26. The first-order valence-corrected chi connectivity index (χ1v) is 7.64. The van der Waals surface area contributed by atoms with E-state index in [-0.39, 0.29) is 0 Å². The maximum atomic E-state index is 5.43. The van der Waals surface area contributed by atoms with Crippen LogP contribution >= 0.6 is 0 Å². The topological polar surface area (TPSA) is 70.7 Å². The van der Waals surface area contributed by atoms with E-state index in [1.807, 2.05) is 28.9 Å². The first-order chi connectivity index (χ1) is 10.8. The molecular weight excluding hydrogens is 280 g/mol. The number of hydrogen-bond donors (Lipinski definition) is 0. The highest BCUT2D eigenvalue weighted by atomic mass is 16.5. The van der Waals surface area contributed by atoms with Gasteiger partial charge in [0.25, 0.3) is 0 Å². The monoisotopic (exact) mass is 298 g/mol. The highest BCUT2D eigenvalue weighted by Gasteiger charge is 2.23. The quantitative estimate of drug-likeness (QED) is 0.731. The second-order valence-electron chi connectivity index (χ2n) is 5.48. The number of rotatable bonds is 4. The van der Waals surface area contributed by atoms with E-state index in [9.17, 15) is 0 Å². The fraction of sp³-hybridized carbons (Fsp3) is 0.467. The van der Waals surface area contributed by atoms with Crippen LogP contribution in [-0.2, 0) is 17.8 Å². The first-order valence-electron chi connectivity index (χ1n) is 7.64. The van der Waals surface area contributed by atoms with Gasteiger partial charge < -0.3 is 4.74 Å². The van der Waals surface area contributed by atoms with Crippen molar-refractivity contribution in [2.75, 3.05) is 13.2 Å². The fourth-order valence-corrected chi connectivity index (χ4v) is 2.78. The molecule has 7 heteroatoms. The van der Waals surface area contributed by atoms with Crippen molar-refractivity contribution in [3.8, 4) is 0 Å². The van der Waals surface area contributed by atoms with Gasteiger partial charge in [0.15, 0.2) is 11.6 Å². The van der Waals surface area contributed by atoms with E-state index in [1.54, 1.807) is 4.80 Å². The predicted octanol–water partition coefficient (Wildman–Crippen LogP) is 1.59. The van der Waals surface area contributed by atoms with Crippen LogP contribution in [0.3, 0.4) is 0 Å². The number of aryl methyl sites for hydroxylation is 1. The molecule has 0 amide bonds. The van der Waals surface area contributed by atoms with E-state index in [1.165, 1.54) is 0 Å². The Morgan fingerprint density at radius 3 is 2.59 bits per heavy atom. The Morgan fingerprint density at radius 2 is 1.95 bits per heavy atom. The zero-order chi connectivity index (χ0) is 14.9. The Bertz CT molecular complexity index is 753. The van der Waals surface area contributed by atoms with Gasteiger partial charge in [0, 0.05) is 19.1 Å². The van der Waals surface area contributed by atoms with Crippen LogP contribution in [0.5, 0.6) is 0 Å². The summed E-state index contributed by atoms with van der Waals surface area (Å²) in [5.74, 6) is 2.09. The average molecular weight is 298 g/mol. The molecular formula is C15H18N6O. The van der Waals surface area contributed by atoms with Crippen LogP contribution in [0.4, 0.5) is 0 Å². The summed E-state index contributed by atoms with van der Waals surface area (Å²) in [7, 11) is 0. The molecule has 3 aromatic rings. The molecule has 22 heavy (non-hydrogen) atoms. The van der Waals surface area contributed by atoms with Gasteiger partial charge in [-0.15, -0.1) is 0 Å². The minimum atomic E-state index is 0.316. The first kappa shape index (κ1) is 13.4. The number of benzene rings is 1. The second kappa shape index (κ2) is 5.49. The molecule has 0 radical (unpaired) electrons. The molecule has 4 rings (SSSR count). The minimum Gasteiger partial charge on any atom is -0.381 e. The van der Waals surface area contributed by atoms with Crippen LogP contribution in [0.25, 0.3) is 11.0 Å². The largest absolute Gasteiger partial charge is 0.381 e. The summed E-state index contributed by atoms with van der Waals surface area (Å²) < 4.78 is 7.37. The van der Waals surface area contributed by atoms with Gasteiger partial charge >= 0.3 is 0 Å². The van der Waals surface area contributed by atoms with Gasteiger partial charge in [-0.2, -0.15) is 20.1 Å². The third-order valence-corrected chi connectivity index (χ3v) is 3.97. The zero-order valence-electron chi connectivity index (χ0n) is 12.5. The molecule has 0 unspecified atom stereocenters. The van der Waals surface area contributed by atoms with Crippen molar-refractivity contribution in [2.24, 2.45) is 0 Å². The SMILES string of the molecule is CCn1nc([C@@H]2CCOC2)nc1Cn1nc2ccccc2n1. The summed E-state index contributed by atoms with van der Waals surface area (Å²) in [6, 6.07) is 7.86. The third-order valence-electron chi connectivity index (χ3n) is 3.97. The van der Waals surface area contributed by atoms with Crippen molar-refractivity contribution in [1.29, 1.82) is 0 Å². The number of aromatic nitrogens is 6. The maximum absolute atomic E-state index is 5.43. The van der Waals surface area contributed by atoms with Gasteiger partial charge in [0.05, 0.1) is 6.61 Å². The summed E-state index contributed by atoms with van der Waals surface area (Å²) in [4.78, 5) is 6.39. The lowest BCUT2D eigenvalue weighted by atomic mass is 10.1. The van der Waals surface area contributed by atoms with E-state index in [0.29, 0.717) is 12.5 Å². The fourth-order valence-electron chi connectivity index (χ4n) is 2.78. The number of ether oxygens (including phenoxy) is 1. The molecule has 0 saturated carbocycles. The molecule has 0 spiro atoms. The van der Waals surface area contributed by atoms with Crippen LogP contribution in [-0.4, -0.2) is 43.0 Å². The Balaban J connectivity index is 1.63. The standard InChI is InChI=1S/C15H18N6O/c1-2-20-14(16-15(19-20)11-7-8-22-10-11)9-21-17-12-5-3-4-6-13(12)18-21/h3-6,11H,2,7-10H2,1H3/t11-/m1/s1. The van der Waals surface area contributed by atoms with Crippen LogP contribution in [0.15, 0.2) is 24.3 Å². The molecule has 1 aliphatic heterocycles. The van der Waals surface area contributed by atoms with Gasteiger partial charge in [-0.3, -0.25) is 0 Å². The zero-order valence-corrected chi connectivity index (χ0v) is 12.5. The highest BCUT2D eigenvalue weighted by Crippen LogP contribution is 2.22. The molecule has 3 heterocycles. The van der Waals surface area contributed by atoms with Gasteiger partial charge in [0.1, 0.15) is 17.6 Å². The van der Waals surface area contributed by atoms with Crippen molar-refractivity contribution in [3.63, 3.8) is 0 Å². The van der Waals surface area contributed by atoms with E-state index in [2.05, 4.69) is 22.2 Å². The van der Waals surface area contributed by atoms with Crippen LogP contribution in [0.2, 0.25) is 0 Å². The molecule has 1 saturated heterocycles. The minimum absolute atomic E-state index is 0.316. The van der Waals surface area contributed by atoms with Crippen molar-refractivity contribution in [2.45, 2.75) is 32.4 Å². The number of nitrogens with zero attached hydrogens (tertiary/aromatic N) is 6. The van der Waals surface area contributed by atoms with Crippen LogP contribution < -0.4 is 0 Å². The van der Waals surface area contributed by atoms with Crippen molar-refractivity contribution < 1.29 is 4.74 Å². The molecule has 0 aliphatic carbocycles. The predicted molar refractivity (Wildman–Crippen MR) is 80.5 cm³/mol. The summed E-state index contributed by atoms with van der Waals surface area (Å²) in [5.41, 5.74) is 1.80. The van der Waals surface area contributed by atoms with Gasteiger partial charge in [0.2, 0.25) is 0 Å². The lowest BCUT2D eigenvalue weighted by Crippen LogP contribution is -2.11. The highest BCUT2D eigenvalue weighted by molar-refractivity contribution is 5.72. The molecule has 7 nitrogen and oxygen atoms in total. The Hall–Kier alpha value is -2.28. The van der Waals surface area contributed by atoms with E-state index >= 15 is 0 Å². The van der Waals surface area contributed by atoms with Gasteiger partial charge in [-0.05, 0) is 25.5 Å². The Labute approximate surface area is 127 Å². The van der Waals surface area contributed by atoms with Crippen molar-refractivity contribution >= 4 is 11.0 Å². The molecule has 1 aliphatic rings. The summed E-state index contributed by atoms with van der Waals surface area (Å²) in [6.45, 7) is 4.91. The van der Waals surface area contributed by atoms with Crippen molar-refractivity contribution in [1.82, 2.24) is 29.8 Å². The lowest BCUT2D eigenvalue weighted by molar-refractivity contribution is 0.193. The molecule has 0 bridgehead atoms. The lowest BCUT2D eigenvalue weighted by Gasteiger charge is -2.01. The third kappa shape index (κ3) is 2.37. The Morgan fingerprint density at radius 1 is 1.18 bits per heavy atom. The number of fused-ring (bicyclic) bond motifs is 1. The van der Waals surface area contributed by atoms with Gasteiger partial charge in [-0.25, -0.2) is 9.67 Å². The maximum Gasteiger partial charge on any atom is 0.156 e. The molecule has 1 aromatic carbocycles.